The third kappa shape index (κ3) is 5.29. The topological polar surface area (TPSA) is 93.5 Å². The smallest absolute Gasteiger partial charge is 0.408 e. The van der Waals surface area contributed by atoms with E-state index in [0.29, 0.717) is 6.42 Å². The summed E-state index contributed by atoms with van der Waals surface area (Å²) in [6.45, 7) is 5.62. The third-order valence-electron chi connectivity index (χ3n) is 2.74. The summed E-state index contributed by atoms with van der Waals surface area (Å²) in [7, 11) is 0. The van der Waals surface area contributed by atoms with Crippen LogP contribution in [0, 0.1) is 0 Å². The van der Waals surface area contributed by atoms with Gasteiger partial charge in [0.05, 0.1) is 6.54 Å². The molecule has 1 atom stereocenters. The first-order valence-electron chi connectivity index (χ1n) is 6.54. The number of aliphatic carboxylic acids is 1. The molecule has 1 aromatic heterocycles. The standard InChI is InChI=1S/C13H21N3O4/c1-4-6-13(2,3)20-12(19)15-10(11(17)18)9-16-8-5-7-14-16/h5,7-8,10H,4,6,9H2,1-3H3,(H,15,19)(H,17,18)/t10-/m0/s1. The summed E-state index contributed by atoms with van der Waals surface area (Å²) in [4.78, 5) is 22.9. The van der Waals surface area contributed by atoms with Gasteiger partial charge in [-0.05, 0) is 26.3 Å². The van der Waals surface area contributed by atoms with Crippen LogP contribution in [-0.2, 0) is 16.1 Å². The van der Waals surface area contributed by atoms with Gasteiger partial charge in [-0.3, -0.25) is 4.68 Å². The number of nitrogens with zero attached hydrogens (tertiary/aromatic N) is 2. The van der Waals surface area contributed by atoms with Crippen molar-refractivity contribution >= 4 is 12.1 Å². The molecule has 0 aliphatic rings. The fourth-order valence-corrected chi connectivity index (χ4v) is 1.86. The molecule has 1 heterocycles. The summed E-state index contributed by atoms with van der Waals surface area (Å²) in [5, 5.41) is 15.4. The Morgan fingerprint density at radius 3 is 2.70 bits per heavy atom. The molecule has 0 aliphatic heterocycles. The molecule has 0 fully saturated rings. The average molecular weight is 283 g/mol. The van der Waals surface area contributed by atoms with E-state index < -0.39 is 23.7 Å². The summed E-state index contributed by atoms with van der Waals surface area (Å²) < 4.78 is 6.68. The van der Waals surface area contributed by atoms with Crippen LogP contribution in [0.15, 0.2) is 18.5 Å². The zero-order valence-electron chi connectivity index (χ0n) is 12.0. The minimum Gasteiger partial charge on any atom is -0.480 e. The summed E-state index contributed by atoms with van der Waals surface area (Å²) in [6, 6.07) is 0.599. The number of amides is 1. The Balaban J connectivity index is 2.57. The monoisotopic (exact) mass is 283 g/mol. The average Bonchev–Trinajstić information content (AvgIpc) is 2.79. The Morgan fingerprint density at radius 2 is 2.20 bits per heavy atom. The normalized spacial score (nSPS) is 12.8. The lowest BCUT2D eigenvalue weighted by molar-refractivity contribution is -0.140. The Kier molecular flexibility index (Phi) is 5.54. The number of carbonyl (C=O) groups is 2. The second-order valence-electron chi connectivity index (χ2n) is 5.16. The highest BCUT2D eigenvalue weighted by Crippen LogP contribution is 2.16. The van der Waals surface area contributed by atoms with Crippen LogP contribution in [-0.4, -0.2) is 38.6 Å². The number of nitrogens with one attached hydrogen (secondary N) is 1. The number of carbonyl (C=O) groups excluding carboxylic acids is 1. The fourth-order valence-electron chi connectivity index (χ4n) is 1.86. The molecule has 0 aliphatic carbocycles. The number of aromatic nitrogens is 2. The van der Waals surface area contributed by atoms with Gasteiger partial charge in [-0.1, -0.05) is 13.3 Å². The van der Waals surface area contributed by atoms with Crippen molar-refractivity contribution in [3.8, 4) is 0 Å². The maximum Gasteiger partial charge on any atom is 0.408 e. The Bertz CT molecular complexity index is 442. The Morgan fingerprint density at radius 1 is 1.50 bits per heavy atom. The molecule has 0 spiro atoms. The van der Waals surface area contributed by atoms with Crippen LogP contribution in [0.4, 0.5) is 4.79 Å². The van der Waals surface area contributed by atoms with Crippen LogP contribution < -0.4 is 5.32 Å². The predicted octanol–water partition coefficient (Wildman–Crippen LogP) is 1.64. The first-order chi connectivity index (χ1) is 9.34. The van der Waals surface area contributed by atoms with Crippen LogP contribution in [0.3, 0.4) is 0 Å². The lowest BCUT2D eigenvalue weighted by Crippen LogP contribution is -2.46. The summed E-state index contributed by atoms with van der Waals surface area (Å²) in [5.41, 5.74) is -0.617. The summed E-state index contributed by atoms with van der Waals surface area (Å²) >= 11 is 0. The highest BCUT2D eigenvalue weighted by Gasteiger charge is 2.26. The maximum atomic E-state index is 11.8. The van der Waals surface area contributed by atoms with Crippen LogP contribution in [0.25, 0.3) is 0 Å². The number of ether oxygens (including phenoxy) is 1. The SMILES string of the molecule is CCCC(C)(C)OC(=O)N[C@@H](Cn1cccn1)C(=O)O. The van der Waals surface area contributed by atoms with Gasteiger partial charge in [0, 0.05) is 12.4 Å². The molecule has 1 aromatic rings. The van der Waals surface area contributed by atoms with Gasteiger partial charge < -0.3 is 15.2 Å². The number of carboxylic acids is 1. The van der Waals surface area contributed by atoms with Crippen molar-refractivity contribution in [2.75, 3.05) is 0 Å². The highest BCUT2D eigenvalue weighted by atomic mass is 16.6. The van der Waals surface area contributed by atoms with Crippen LogP contribution in [0.1, 0.15) is 33.6 Å². The summed E-state index contributed by atoms with van der Waals surface area (Å²) in [6.07, 6.45) is 4.02. The fraction of sp³-hybridized carbons (Fsp3) is 0.615. The van der Waals surface area contributed by atoms with Crippen LogP contribution in [0.5, 0.6) is 0 Å². The molecule has 7 heteroatoms. The number of carboxylic acid groups (broad SMARTS) is 1. The quantitative estimate of drug-likeness (QED) is 0.793. The molecular weight excluding hydrogens is 262 g/mol. The van der Waals surface area contributed by atoms with E-state index in [1.54, 1.807) is 32.3 Å². The number of alkyl carbamates (subject to hydrolysis) is 1. The minimum absolute atomic E-state index is 0.0473. The van der Waals surface area contributed by atoms with Crippen molar-refractivity contribution < 1.29 is 19.4 Å². The van der Waals surface area contributed by atoms with Crippen molar-refractivity contribution in [2.24, 2.45) is 0 Å². The molecule has 1 rings (SSSR count). The van der Waals surface area contributed by atoms with E-state index in [9.17, 15) is 9.59 Å². The molecule has 0 bridgehead atoms. The van der Waals surface area contributed by atoms with Crippen molar-refractivity contribution in [2.45, 2.75) is 51.8 Å². The van der Waals surface area contributed by atoms with Gasteiger partial charge in [-0.2, -0.15) is 5.10 Å². The van der Waals surface area contributed by atoms with Crippen LogP contribution >= 0.6 is 0 Å². The van der Waals surface area contributed by atoms with Gasteiger partial charge in [0.1, 0.15) is 11.6 Å². The van der Waals surface area contributed by atoms with Gasteiger partial charge >= 0.3 is 12.1 Å². The molecular formula is C13H21N3O4. The van der Waals surface area contributed by atoms with E-state index in [4.69, 9.17) is 9.84 Å². The van der Waals surface area contributed by atoms with E-state index in [-0.39, 0.29) is 6.54 Å². The molecule has 1 amide bonds. The van der Waals surface area contributed by atoms with E-state index in [2.05, 4.69) is 10.4 Å². The molecule has 2 N–H and O–H groups in total. The zero-order chi connectivity index (χ0) is 15.2. The Hall–Kier alpha value is -2.05. The molecule has 0 saturated carbocycles. The van der Waals surface area contributed by atoms with E-state index in [1.807, 2.05) is 6.92 Å². The van der Waals surface area contributed by atoms with Gasteiger partial charge in [0.25, 0.3) is 0 Å². The third-order valence-corrected chi connectivity index (χ3v) is 2.74. The van der Waals surface area contributed by atoms with Crippen molar-refractivity contribution in [3.05, 3.63) is 18.5 Å². The predicted molar refractivity (Wildman–Crippen MR) is 72.3 cm³/mol. The minimum atomic E-state index is -1.13. The molecule has 0 aromatic carbocycles. The molecule has 7 nitrogen and oxygen atoms in total. The Labute approximate surface area is 117 Å². The summed E-state index contributed by atoms with van der Waals surface area (Å²) in [5.74, 6) is -1.13. The second kappa shape index (κ2) is 6.93. The lowest BCUT2D eigenvalue weighted by Gasteiger charge is -2.25. The number of rotatable bonds is 7. The first kappa shape index (κ1) is 16.0. The second-order valence-corrected chi connectivity index (χ2v) is 5.16. The van der Waals surface area contributed by atoms with Crippen molar-refractivity contribution in [3.63, 3.8) is 0 Å². The van der Waals surface area contributed by atoms with Crippen molar-refractivity contribution in [1.82, 2.24) is 15.1 Å². The highest BCUT2D eigenvalue weighted by molar-refractivity contribution is 5.79. The maximum absolute atomic E-state index is 11.8. The molecule has 112 valence electrons. The van der Waals surface area contributed by atoms with Crippen molar-refractivity contribution in [1.29, 1.82) is 0 Å². The number of hydrogen-bond acceptors (Lipinski definition) is 4. The van der Waals surface area contributed by atoms with Gasteiger partial charge in [0.15, 0.2) is 0 Å². The largest absolute Gasteiger partial charge is 0.480 e. The van der Waals surface area contributed by atoms with E-state index >= 15 is 0 Å². The lowest BCUT2D eigenvalue weighted by atomic mass is 10.0. The van der Waals surface area contributed by atoms with Gasteiger partial charge in [0.2, 0.25) is 0 Å². The van der Waals surface area contributed by atoms with E-state index in [0.717, 1.165) is 6.42 Å². The van der Waals surface area contributed by atoms with E-state index in [1.165, 1.54) is 4.68 Å². The van der Waals surface area contributed by atoms with Gasteiger partial charge in [-0.15, -0.1) is 0 Å². The van der Waals surface area contributed by atoms with Gasteiger partial charge in [-0.25, -0.2) is 9.59 Å². The first-order valence-corrected chi connectivity index (χ1v) is 6.54. The molecule has 0 unspecified atom stereocenters. The molecule has 20 heavy (non-hydrogen) atoms. The zero-order valence-corrected chi connectivity index (χ0v) is 12.0. The number of hydrogen-bond donors (Lipinski definition) is 2. The van der Waals surface area contributed by atoms with Crippen LogP contribution in [0.2, 0.25) is 0 Å². The molecule has 0 saturated heterocycles. The molecule has 0 radical (unpaired) electrons.